The summed E-state index contributed by atoms with van der Waals surface area (Å²) in [6.07, 6.45) is 2.12. The maximum atomic E-state index is 10.7. The smallest absolute Gasteiger partial charge is 0.221 e. The lowest BCUT2D eigenvalue weighted by atomic mass is 10.1. The lowest BCUT2D eigenvalue weighted by Gasteiger charge is -1.93. The molecule has 74 valence electrons. The molecule has 4 nitrogen and oxygen atoms in total. The van der Waals surface area contributed by atoms with Crippen LogP contribution in [-0.4, -0.2) is 16.4 Å². The Bertz CT molecular complexity index is 448. The highest BCUT2D eigenvalue weighted by Gasteiger charge is 2.04. The van der Waals surface area contributed by atoms with E-state index in [4.69, 9.17) is 5.73 Å². The second-order valence-corrected chi connectivity index (χ2v) is 3.00. The van der Waals surface area contributed by atoms with E-state index in [1.165, 1.54) is 0 Å². The van der Waals surface area contributed by atoms with Crippen molar-refractivity contribution in [1.82, 2.24) is 4.98 Å². The van der Waals surface area contributed by atoms with E-state index in [0.717, 1.165) is 16.5 Å². The Kier molecular flexibility index (Phi) is 2.89. The fourth-order valence-electron chi connectivity index (χ4n) is 1.47. The first-order valence-electron chi connectivity index (χ1n) is 4.10. The fourth-order valence-corrected chi connectivity index (χ4v) is 1.47. The van der Waals surface area contributed by atoms with Crippen molar-refractivity contribution in [3.63, 3.8) is 0 Å². The highest BCUT2D eigenvalue weighted by atomic mass is 16.1. The van der Waals surface area contributed by atoms with Crippen molar-refractivity contribution in [1.29, 1.82) is 0 Å². The summed E-state index contributed by atoms with van der Waals surface area (Å²) < 4.78 is 0. The lowest BCUT2D eigenvalue weighted by molar-refractivity contribution is -0.117. The zero-order valence-corrected chi connectivity index (χ0v) is 7.58. The van der Waals surface area contributed by atoms with Gasteiger partial charge in [0, 0.05) is 17.1 Å². The summed E-state index contributed by atoms with van der Waals surface area (Å²) >= 11 is 0. The van der Waals surface area contributed by atoms with Crippen molar-refractivity contribution in [3.05, 3.63) is 36.0 Å². The van der Waals surface area contributed by atoms with Crippen LogP contribution in [0.2, 0.25) is 0 Å². The van der Waals surface area contributed by atoms with Gasteiger partial charge in [0.1, 0.15) is 0 Å². The zero-order valence-electron chi connectivity index (χ0n) is 7.58. The first-order valence-corrected chi connectivity index (χ1v) is 4.10. The molecule has 2 aromatic rings. The molecule has 1 aromatic carbocycles. The van der Waals surface area contributed by atoms with E-state index in [2.05, 4.69) is 4.98 Å². The Morgan fingerprint density at radius 1 is 1.36 bits per heavy atom. The van der Waals surface area contributed by atoms with Crippen LogP contribution in [0.1, 0.15) is 5.56 Å². The number of primary amides is 1. The molecular formula is C10H12N2O2. The van der Waals surface area contributed by atoms with Crippen molar-refractivity contribution in [3.8, 4) is 0 Å². The monoisotopic (exact) mass is 192 g/mol. The minimum atomic E-state index is -0.301. The summed E-state index contributed by atoms with van der Waals surface area (Å²) in [5.41, 5.74) is 7.12. The van der Waals surface area contributed by atoms with Crippen molar-refractivity contribution in [2.75, 3.05) is 0 Å². The van der Waals surface area contributed by atoms with Crippen LogP contribution in [0.25, 0.3) is 10.9 Å². The number of amides is 1. The summed E-state index contributed by atoms with van der Waals surface area (Å²) in [5, 5.41) is 1.07. The number of fused-ring (bicyclic) bond motifs is 1. The molecule has 1 amide bonds. The van der Waals surface area contributed by atoms with E-state index in [-0.39, 0.29) is 11.4 Å². The number of aromatic nitrogens is 1. The number of benzene rings is 1. The number of hydrogen-bond donors (Lipinski definition) is 2. The predicted molar refractivity (Wildman–Crippen MR) is 54.8 cm³/mol. The van der Waals surface area contributed by atoms with Gasteiger partial charge in [0.05, 0.1) is 6.42 Å². The summed E-state index contributed by atoms with van der Waals surface area (Å²) in [6.45, 7) is 0. The summed E-state index contributed by atoms with van der Waals surface area (Å²) in [7, 11) is 0. The van der Waals surface area contributed by atoms with E-state index in [0.29, 0.717) is 6.42 Å². The minimum Gasteiger partial charge on any atom is -0.412 e. The van der Waals surface area contributed by atoms with Gasteiger partial charge < -0.3 is 16.2 Å². The highest BCUT2D eigenvalue weighted by Crippen LogP contribution is 2.17. The van der Waals surface area contributed by atoms with E-state index < -0.39 is 0 Å². The van der Waals surface area contributed by atoms with Crippen LogP contribution in [0.3, 0.4) is 0 Å². The SMILES string of the molecule is NC(=O)Cc1c[nH]c2ccccc12.O. The van der Waals surface area contributed by atoms with Gasteiger partial charge in [-0.3, -0.25) is 4.79 Å². The summed E-state index contributed by atoms with van der Waals surface area (Å²) in [5.74, 6) is -0.301. The van der Waals surface area contributed by atoms with E-state index in [1.54, 1.807) is 0 Å². The lowest BCUT2D eigenvalue weighted by Crippen LogP contribution is -2.13. The normalized spacial score (nSPS) is 9.71. The van der Waals surface area contributed by atoms with Crippen LogP contribution >= 0.6 is 0 Å². The number of nitrogens with two attached hydrogens (primary N) is 1. The highest BCUT2D eigenvalue weighted by molar-refractivity contribution is 5.88. The largest absolute Gasteiger partial charge is 0.412 e. The van der Waals surface area contributed by atoms with Gasteiger partial charge in [0.2, 0.25) is 5.91 Å². The minimum absolute atomic E-state index is 0. The Balaban J connectivity index is 0.000000980. The number of rotatable bonds is 2. The molecule has 0 saturated heterocycles. The molecule has 0 unspecified atom stereocenters. The van der Waals surface area contributed by atoms with Crippen molar-refractivity contribution >= 4 is 16.8 Å². The summed E-state index contributed by atoms with van der Waals surface area (Å²) in [6, 6.07) is 7.84. The average Bonchev–Trinajstić information content (AvgIpc) is 2.48. The van der Waals surface area contributed by atoms with E-state index in [1.807, 2.05) is 30.5 Å². The van der Waals surface area contributed by atoms with Gasteiger partial charge in [-0.15, -0.1) is 0 Å². The quantitative estimate of drug-likeness (QED) is 0.707. The molecule has 4 heteroatoms. The third-order valence-electron chi connectivity index (χ3n) is 2.04. The molecule has 0 aliphatic carbocycles. The number of H-pyrrole nitrogens is 1. The molecule has 0 bridgehead atoms. The third-order valence-corrected chi connectivity index (χ3v) is 2.04. The van der Waals surface area contributed by atoms with Gasteiger partial charge in [0.15, 0.2) is 0 Å². The average molecular weight is 192 g/mol. The van der Waals surface area contributed by atoms with Crippen LogP contribution in [0.4, 0.5) is 0 Å². The van der Waals surface area contributed by atoms with Crippen molar-refractivity contribution < 1.29 is 10.3 Å². The number of nitrogens with one attached hydrogen (secondary N) is 1. The van der Waals surface area contributed by atoms with Crippen LogP contribution < -0.4 is 5.73 Å². The molecule has 2 rings (SSSR count). The Hall–Kier alpha value is -1.81. The second-order valence-electron chi connectivity index (χ2n) is 3.00. The Morgan fingerprint density at radius 2 is 2.07 bits per heavy atom. The molecule has 0 spiro atoms. The van der Waals surface area contributed by atoms with Crippen LogP contribution in [-0.2, 0) is 11.2 Å². The van der Waals surface area contributed by atoms with E-state index >= 15 is 0 Å². The molecule has 5 N–H and O–H groups in total. The number of para-hydroxylation sites is 1. The zero-order chi connectivity index (χ0) is 9.26. The maximum absolute atomic E-state index is 10.7. The molecule has 0 aliphatic heterocycles. The topological polar surface area (TPSA) is 90.4 Å². The second kappa shape index (κ2) is 3.93. The molecule has 0 atom stereocenters. The van der Waals surface area contributed by atoms with Crippen molar-refractivity contribution in [2.45, 2.75) is 6.42 Å². The molecule has 0 aliphatic rings. The van der Waals surface area contributed by atoms with E-state index in [9.17, 15) is 4.79 Å². The summed E-state index contributed by atoms with van der Waals surface area (Å²) in [4.78, 5) is 13.8. The standard InChI is InChI=1S/C10H10N2O.H2O/c11-10(13)5-7-6-12-9-4-2-1-3-8(7)9;/h1-4,6,12H,5H2,(H2,11,13);1H2. The van der Waals surface area contributed by atoms with Gasteiger partial charge in [0.25, 0.3) is 0 Å². The molecule has 0 saturated carbocycles. The van der Waals surface area contributed by atoms with Gasteiger partial charge in [-0.2, -0.15) is 0 Å². The fraction of sp³-hybridized carbons (Fsp3) is 0.100. The first kappa shape index (κ1) is 10.3. The van der Waals surface area contributed by atoms with Crippen molar-refractivity contribution in [2.24, 2.45) is 5.73 Å². The first-order chi connectivity index (χ1) is 6.27. The van der Waals surface area contributed by atoms with Gasteiger partial charge in [-0.05, 0) is 11.6 Å². The number of hydrogen-bond acceptors (Lipinski definition) is 1. The predicted octanol–water partition coefficient (Wildman–Crippen LogP) is 0.371. The number of carbonyl (C=O) groups excluding carboxylic acids is 1. The van der Waals surface area contributed by atoms with Crippen LogP contribution in [0.5, 0.6) is 0 Å². The van der Waals surface area contributed by atoms with Gasteiger partial charge >= 0.3 is 0 Å². The molecule has 1 heterocycles. The molecule has 0 radical (unpaired) electrons. The molecule has 1 aromatic heterocycles. The molecule has 14 heavy (non-hydrogen) atoms. The Labute approximate surface area is 81.0 Å². The van der Waals surface area contributed by atoms with Gasteiger partial charge in [-0.25, -0.2) is 0 Å². The third kappa shape index (κ3) is 1.75. The molecule has 0 fully saturated rings. The number of carbonyl (C=O) groups is 1. The maximum Gasteiger partial charge on any atom is 0.221 e. The van der Waals surface area contributed by atoms with Crippen LogP contribution in [0, 0.1) is 0 Å². The molecular weight excluding hydrogens is 180 g/mol. The van der Waals surface area contributed by atoms with Crippen LogP contribution in [0.15, 0.2) is 30.5 Å². The Morgan fingerprint density at radius 3 is 2.79 bits per heavy atom. The van der Waals surface area contributed by atoms with Gasteiger partial charge in [-0.1, -0.05) is 18.2 Å². The number of aromatic amines is 1.